The van der Waals surface area contributed by atoms with Crippen molar-refractivity contribution in [2.24, 2.45) is 0 Å². The van der Waals surface area contributed by atoms with Crippen LogP contribution in [0.25, 0.3) is 31.8 Å². The molecule has 6 rings (SSSR count). The lowest BCUT2D eigenvalue weighted by atomic mass is 9.96. The molecular weight excluding hydrogens is 462 g/mol. The van der Waals surface area contributed by atoms with Gasteiger partial charge in [0.05, 0.1) is 42.9 Å². The van der Waals surface area contributed by atoms with Gasteiger partial charge < -0.3 is 4.90 Å². The number of carbonyl (C=O) groups is 1. The molecule has 0 aliphatic carbocycles. The number of pyridine rings is 1. The number of carbonyl (C=O) groups excluding carboxylic acids is 1. The molecule has 0 spiro atoms. The summed E-state index contributed by atoms with van der Waals surface area (Å²) < 4.78 is 3.14. The van der Waals surface area contributed by atoms with Crippen molar-refractivity contribution in [2.45, 2.75) is 38.6 Å². The predicted octanol–water partition coefficient (Wildman–Crippen LogP) is 6.37. The van der Waals surface area contributed by atoms with Crippen LogP contribution in [-0.2, 0) is 0 Å². The van der Waals surface area contributed by atoms with E-state index in [1.807, 2.05) is 39.2 Å². The van der Waals surface area contributed by atoms with Gasteiger partial charge >= 0.3 is 0 Å². The SMILES string of the molecule is CC(C)n1ncc2c(C(=O)N3CCC(c4nc5ccccc5s4)CC3)cc(-c3cccs3)nc21. The van der Waals surface area contributed by atoms with E-state index in [4.69, 9.17) is 9.97 Å². The van der Waals surface area contributed by atoms with Gasteiger partial charge in [0.25, 0.3) is 5.91 Å². The molecule has 6 nitrogen and oxygen atoms in total. The molecule has 1 amide bonds. The monoisotopic (exact) mass is 487 g/mol. The molecule has 1 aliphatic rings. The number of fused-ring (bicyclic) bond motifs is 2. The lowest BCUT2D eigenvalue weighted by Crippen LogP contribution is -2.38. The topological polar surface area (TPSA) is 63.9 Å². The highest BCUT2D eigenvalue weighted by Crippen LogP contribution is 2.35. The number of benzene rings is 1. The van der Waals surface area contributed by atoms with Crippen LogP contribution in [-0.4, -0.2) is 43.6 Å². The first-order valence-electron chi connectivity index (χ1n) is 11.7. The number of hydrogen-bond donors (Lipinski definition) is 0. The third kappa shape index (κ3) is 3.71. The lowest BCUT2D eigenvalue weighted by molar-refractivity contribution is 0.0715. The summed E-state index contributed by atoms with van der Waals surface area (Å²) >= 11 is 3.42. The first-order chi connectivity index (χ1) is 16.6. The number of piperidine rings is 1. The molecule has 34 heavy (non-hydrogen) atoms. The minimum absolute atomic E-state index is 0.0660. The fraction of sp³-hybridized carbons (Fsp3) is 0.308. The first kappa shape index (κ1) is 21.4. The summed E-state index contributed by atoms with van der Waals surface area (Å²) in [5.41, 5.74) is 3.37. The van der Waals surface area contributed by atoms with Crippen LogP contribution in [0, 0.1) is 0 Å². The van der Waals surface area contributed by atoms with Crippen LogP contribution in [0.15, 0.2) is 54.0 Å². The van der Waals surface area contributed by atoms with Gasteiger partial charge in [-0.1, -0.05) is 18.2 Å². The summed E-state index contributed by atoms with van der Waals surface area (Å²) in [6, 6.07) is 14.5. The second kappa shape index (κ2) is 8.60. The van der Waals surface area contributed by atoms with Crippen molar-refractivity contribution in [1.29, 1.82) is 0 Å². The summed E-state index contributed by atoms with van der Waals surface area (Å²) in [4.78, 5) is 26.6. The Morgan fingerprint density at radius 1 is 1.09 bits per heavy atom. The zero-order valence-electron chi connectivity index (χ0n) is 19.1. The van der Waals surface area contributed by atoms with E-state index in [0.717, 1.165) is 53.1 Å². The average Bonchev–Trinajstić information content (AvgIpc) is 3.62. The van der Waals surface area contributed by atoms with Gasteiger partial charge in [-0.3, -0.25) is 4.79 Å². The Bertz CT molecular complexity index is 1440. The van der Waals surface area contributed by atoms with Gasteiger partial charge in [0.2, 0.25) is 0 Å². The number of para-hydroxylation sites is 1. The maximum atomic E-state index is 13.8. The van der Waals surface area contributed by atoms with E-state index in [9.17, 15) is 4.79 Å². The van der Waals surface area contributed by atoms with Crippen molar-refractivity contribution in [3.63, 3.8) is 0 Å². The number of nitrogens with zero attached hydrogens (tertiary/aromatic N) is 5. The molecule has 1 aliphatic heterocycles. The molecule has 1 aromatic carbocycles. The van der Waals surface area contributed by atoms with E-state index in [-0.39, 0.29) is 11.9 Å². The molecule has 5 heterocycles. The number of rotatable bonds is 4. The Labute approximate surface area is 205 Å². The normalized spacial score (nSPS) is 15.1. The van der Waals surface area contributed by atoms with Crippen LogP contribution in [0.1, 0.15) is 54.0 Å². The molecule has 0 saturated carbocycles. The summed E-state index contributed by atoms with van der Waals surface area (Å²) in [6.45, 7) is 5.63. The van der Waals surface area contributed by atoms with Gasteiger partial charge in [-0.25, -0.2) is 14.6 Å². The molecule has 8 heteroatoms. The van der Waals surface area contributed by atoms with Crippen LogP contribution in [0.5, 0.6) is 0 Å². The van der Waals surface area contributed by atoms with Crippen molar-refractivity contribution in [2.75, 3.05) is 13.1 Å². The molecule has 0 radical (unpaired) electrons. The maximum Gasteiger partial charge on any atom is 0.254 e. The maximum absolute atomic E-state index is 13.8. The van der Waals surface area contributed by atoms with Gasteiger partial charge in [-0.2, -0.15) is 5.10 Å². The summed E-state index contributed by atoms with van der Waals surface area (Å²) in [7, 11) is 0. The average molecular weight is 488 g/mol. The summed E-state index contributed by atoms with van der Waals surface area (Å²) in [5.74, 6) is 0.473. The van der Waals surface area contributed by atoms with E-state index in [1.54, 1.807) is 28.9 Å². The Kier molecular flexibility index (Phi) is 5.42. The second-order valence-corrected chi connectivity index (χ2v) is 11.0. The summed E-state index contributed by atoms with van der Waals surface area (Å²) in [5, 5.41) is 8.61. The van der Waals surface area contributed by atoms with Gasteiger partial charge in [0.1, 0.15) is 0 Å². The number of thiazole rings is 1. The highest BCUT2D eigenvalue weighted by atomic mass is 32.1. The fourth-order valence-corrected chi connectivity index (χ4v) is 6.51. The van der Waals surface area contributed by atoms with Gasteiger partial charge in [-0.15, -0.1) is 22.7 Å². The standard InChI is InChI=1S/C26H25N5OS2/c1-16(2)31-24-19(15-27-31)18(14-21(28-24)22-8-5-13-33-22)26(32)30-11-9-17(10-12-30)25-29-20-6-3-4-7-23(20)34-25/h3-8,13-17H,9-12H2,1-2H3. The number of aromatic nitrogens is 4. The zero-order chi connectivity index (χ0) is 23.2. The van der Waals surface area contributed by atoms with E-state index >= 15 is 0 Å². The van der Waals surface area contributed by atoms with Gasteiger partial charge in [0, 0.05) is 25.0 Å². The quantitative estimate of drug-likeness (QED) is 0.295. The Balaban J connectivity index is 1.29. The molecular formula is C26H25N5OS2. The number of likely N-dealkylation sites (tertiary alicyclic amines) is 1. The van der Waals surface area contributed by atoms with Gasteiger partial charge in [-0.05, 0) is 56.3 Å². The highest BCUT2D eigenvalue weighted by Gasteiger charge is 2.28. The van der Waals surface area contributed by atoms with E-state index in [0.29, 0.717) is 11.5 Å². The van der Waals surface area contributed by atoms with Gasteiger partial charge in [0.15, 0.2) is 5.65 Å². The fourth-order valence-electron chi connectivity index (χ4n) is 4.69. The lowest BCUT2D eigenvalue weighted by Gasteiger charge is -2.31. The molecule has 0 N–H and O–H groups in total. The van der Waals surface area contributed by atoms with Crippen molar-refractivity contribution in [3.8, 4) is 10.6 Å². The smallest absolute Gasteiger partial charge is 0.254 e. The predicted molar refractivity (Wildman–Crippen MR) is 139 cm³/mol. The molecule has 1 fully saturated rings. The van der Waals surface area contributed by atoms with Crippen LogP contribution in [0.3, 0.4) is 0 Å². The third-order valence-electron chi connectivity index (χ3n) is 6.50. The Morgan fingerprint density at radius 3 is 2.65 bits per heavy atom. The molecule has 0 unspecified atom stereocenters. The minimum Gasteiger partial charge on any atom is -0.339 e. The van der Waals surface area contributed by atoms with Crippen molar-refractivity contribution < 1.29 is 4.79 Å². The van der Waals surface area contributed by atoms with Crippen molar-refractivity contribution >= 4 is 49.8 Å². The van der Waals surface area contributed by atoms with Crippen LogP contribution in [0.4, 0.5) is 0 Å². The van der Waals surface area contributed by atoms with Crippen molar-refractivity contribution in [3.05, 3.63) is 64.6 Å². The van der Waals surface area contributed by atoms with E-state index in [2.05, 4.69) is 37.1 Å². The zero-order valence-corrected chi connectivity index (χ0v) is 20.8. The molecule has 4 aromatic heterocycles. The Hall–Kier alpha value is -3.10. The molecule has 0 atom stereocenters. The summed E-state index contributed by atoms with van der Waals surface area (Å²) in [6.07, 6.45) is 3.66. The number of amides is 1. The van der Waals surface area contributed by atoms with E-state index < -0.39 is 0 Å². The van der Waals surface area contributed by atoms with Crippen LogP contribution in [0.2, 0.25) is 0 Å². The molecule has 172 valence electrons. The van der Waals surface area contributed by atoms with Crippen LogP contribution < -0.4 is 0 Å². The van der Waals surface area contributed by atoms with Crippen LogP contribution >= 0.6 is 22.7 Å². The largest absolute Gasteiger partial charge is 0.339 e. The first-order valence-corrected chi connectivity index (χ1v) is 13.3. The van der Waals surface area contributed by atoms with Crippen molar-refractivity contribution in [1.82, 2.24) is 24.6 Å². The third-order valence-corrected chi connectivity index (χ3v) is 8.59. The Morgan fingerprint density at radius 2 is 1.91 bits per heavy atom. The number of thiophene rings is 1. The molecule has 1 saturated heterocycles. The molecule has 5 aromatic rings. The highest BCUT2D eigenvalue weighted by molar-refractivity contribution is 7.18. The van der Waals surface area contributed by atoms with E-state index in [1.165, 1.54) is 9.71 Å². The second-order valence-electron chi connectivity index (χ2n) is 9.04. The molecule has 0 bridgehead atoms. The minimum atomic E-state index is 0.0660. The number of hydrogen-bond acceptors (Lipinski definition) is 6.